The number of carbonyl (C=O) groups is 10. The van der Waals surface area contributed by atoms with Gasteiger partial charge in [0.2, 0.25) is 0 Å². The van der Waals surface area contributed by atoms with E-state index in [0.29, 0.717) is 49.9 Å². The van der Waals surface area contributed by atoms with Crippen molar-refractivity contribution in [1.29, 1.82) is 0 Å². The number of nitrogens with one attached hydrogen (secondary N) is 4. The summed E-state index contributed by atoms with van der Waals surface area (Å²) in [5.74, 6) is 12.5. The second-order valence-corrected chi connectivity index (χ2v) is 40.8. The molecule has 14 aliphatic rings. The minimum Gasteiger partial charge on any atom is -0.457 e. The number of ketones is 3. The van der Waals surface area contributed by atoms with Crippen molar-refractivity contribution in [1.82, 2.24) is 21.5 Å². The highest BCUT2D eigenvalue weighted by atomic mass is 35.5. The van der Waals surface area contributed by atoms with Gasteiger partial charge in [0.05, 0.1) is 30.2 Å². The number of nitrogens with two attached hydrogens (primary N) is 4. The van der Waals surface area contributed by atoms with Crippen molar-refractivity contribution in [2.24, 2.45) is 90.5 Å². The van der Waals surface area contributed by atoms with Gasteiger partial charge in [-0.3, -0.25) is 56.5 Å². The van der Waals surface area contributed by atoms with Crippen molar-refractivity contribution in [3.8, 4) is 0 Å². The Bertz CT molecular complexity index is 4510. The first kappa shape index (κ1) is 128. The van der Waals surface area contributed by atoms with Gasteiger partial charge in [-0.2, -0.15) is 0 Å². The third-order valence-corrected chi connectivity index (χ3v) is 31.5. The van der Waals surface area contributed by atoms with Gasteiger partial charge in [-0.05, 0) is 304 Å². The summed E-state index contributed by atoms with van der Waals surface area (Å²) in [5.41, 5.74) is -6.88. The first-order chi connectivity index (χ1) is 66.8. The summed E-state index contributed by atoms with van der Waals surface area (Å²) in [6, 6.07) is 0. The molecule has 22 atom stereocenters. The molecule has 0 radical (unpaired) electrons. The van der Waals surface area contributed by atoms with Crippen LogP contribution in [0, 0.1) is 57.2 Å². The van der Waals surface area contributed by atoms with Crippen LogP contribution in [0.15, 0.2) is 130 Å². The van der Waals surface area contributed by atoms with E-state index in [-0.39, 0.29) is 123 Å². The Morgan fingerprint density at radius 3 is 1.04 bits per heavy atom. The molecule has 18 N–H and O–H groups in total. The first-order valence-electron chi connectivity index (χ1n) is 50.5. The maximum atomic E-state index is 17.5. The van der Waals surface area contributed by atoms with Gasteiger partial charge < -0.3 is 69.7 Å². The minimum atomic E-state index is -2.04. The number of halogens is 4. The largest absolute Gasteiger partial charge is 0.457 e. The number of ether oxygens (including phenoxy) is 6. The van der Waals surface area contributed by atoms with Crippen LogP contribution in [0.25, 0.3) is 0 Å². The Morgan fingerprint density at radius 2 is 0.729 bits per heavy atom. The highest BCUT2D eigenvalue weighted by molar-refractivity contribution is 6.61. The molecule has 0 heterocycles. The van der Waals surface area contributed by atoms with Crippen LogP contribution in [0.5, 0.6) is 0 Å². The Morgan fingerprint density at radius 1 is 0.424 bits per heavy atom. The number of amides is 4. The van der Waals surface area contributed by atoms with E-state index in [0.717, 1.165) is 159 Å². The molecule has 14 aliphatic carbocycles. The molecule has 6 unspecified atom stereocenters. The maximum absolute atomic E-state index is 17.5. The van der Waals surface area contributed by atoms with E-state index < -0.39 is 146 Å². The number of rotatable bonds is 18. The Hall–Kier alpha value is -8.52. The van der Waals surface area contributed by atoms with E-state index in [1.807, 2.05) is 72.5 Å². The first-order valence-corrected chi connectivity index (χ1v) is 51.3. The number of alkyl carbamates (subject to hydrolysis) is 2. The van der Waals surface area contributed by atoms with Crippen molar-refractivity contribution >= 4 is 93.0 Å². The molecular weight excluding hydrogens is 1900 g/mol. The van der Waals surface area contributed by atoms with E-state index in [1.54, 1.807) is 65.0 Å². The second-order valence-electron chi connectivity index (χ2n) is 40.2. The summed E-state index contributed by atoms with van der Waals surface area (Å²) in [6.07, 6.45) is 63.3. The smallest absolute Gasteiger partial charge is 0.421 e. The van der Waals surface area contributed by atoms with Crippen LogP contribution in [-0.2, 0) is 52.4 Å². The molecule has 0 saturated heterocycles. The van der Waals surface area contributed by atoms with Gasteiger partial charge in [-0.1, -0.05) is 156 Å². The van der Waals surface area contributed by atoms with Crippen LogP contribution in [0.4, 0.5) is 32.8 Å². The van der Waals surface area contributed by atoms with Crippen LogP contribution in [-0.4, -0.2) is 211 Å². The van der Waals surface area contributed by atoms with Crippen molar-refractivity contribution in [2.75, 3.05) is 39.4 Å². The van der Waals surface area contributed by atoms with Gasteiger partial charge >= 0.3 is 35.1 Å². The molecule has 0 aromatic carbocycles. The molecule has 814 valence electrons. The number of Topliss-reactive ketones (excluding diaryl/α,β-unsaturated/α-hetero) is 3. The fourth-order valence-electron chi connectivity index (χ4n) is 23.8. The average Bonchev–Trinajstić information content (AvgIpc) is 1.46. The average molecular weight is 2070 g/mol. The minimum absolute atomic E-state index is 0. The topological polar surface area (TPSA) is 524 Å². The molecule has 14 rings (SSSR count). The summed E-state index contributed by atoms with van der Waals surface area (Å²) < 4.78 is 66.0. The van der Waals surface area contributed by atoms with Crippen LogP contribution >= 0.6 is 23.2 Å². The summed E-state index contributed by atoms with van der Waals surface area (Å²) in [6.45, 7) is 8.40. The lowest BCUT2D eigenvalue weighted by Crippen LogP contribution is -2.69. The van der Waals surface area contributed by atoms with Crippen LogP contribution in [0.2, 0.25) is 0 Å². The van der Waals surface area contributed by atoms with Gasteiger partial charge in [0.25, 0.3) is 5.91 Å². The predicted octanol–water partition coefficient (Wildman–Crippen LogP) is 18.1. The summed E-state index contributed by atoms with van der Waals surface area (Å²) in [5, 5.41) is 70.3. The standard InChI is InChI=1S/C34H47FN2O7.C32H44FNO6.C11H19N3O3.2C9H13ClO2.C9H16N2O2.4CH4.H4N2/c1-21-15-27-26-12-11-22-16-23(36-18-24(39)19-37-30(42)44-25-9-7-5-4-6-8-10-25)13-14-31(22,2)33(26,35)28(40)17-32(27,3)34(21,43)29(41)20-38;1-20-15-25-24-12-11-21-16-22(34-18-28(38)40-23-9-7-5-4-6-8-10-23)13-14-29(21,2)31(24,33)26(36)17-30(25,3)32(20,39)27(37)19-35;12-14-10(15)8-13-11(16)17-9-6-4-2-1-3-5-7-9;2*10-9(11)12-8-6-4-2-1-3-5-7-8;10-11-9(12)13-8-6-4-2-1-3-5-7-8;;;;;1-2/h7,9,13-14,16,21,25-28,38,40,43H,4-6,8,10-12,15,17-20H2,1-3H3,(H,37,42);7,9,13-14,16,20,23-26,35-36,39H,4-6,8,10-12,15,17-19H2,1-3H3;4,6,9H,1-3,5,7-8,12H2,(H,13,16)(H,14,15);2*4,6,8H,1-3,5,7H2;4,6,8H,1-3,5,7,10H2,(H,11,12);4*1H4;1-2H2/b9-7+,36-23?;9-7+,34-22?;4*6-4+;;;;;/t21-,25?,26+,27+,28+,31+,32+,33+,34+;20-,23?,24+,25+,26+,29+,30+,31+,32+;;;;;;;;;/m11........./s1. The number of aliphatic imine (C=N–C) groups is 2. The van der Waals surface area contributed by atoms with Crippen LogP contribution in [0.1, 0.15) is 315 Å². The van der Waals surface area contributed by atoms with E-state index in [2.05, 4.69) is 56.6 Å². The highest BCUT2D eigenvalue weighted by Crippen LogP contribution is 2.73. The van der Waals surface area contributed by atoms with E-state index >= 15 is 8.78 Å². The van der Waals surface area contributed by atoms with Gasteiger partial charge in [-0.15, -0.1) is 0 Å². The molecule has 36 heteroatoms. The number of aliphatic hydroxyl groups is 6. The number of hydrogen-bond donors (Lipinski definition) is 14. The number of nitrogens with zero attached hydrogens (tertiary/aromatic N) is 2. The lowest BCUT2D eigenvalue weighted by atomic mass is 9.44. The molecule has 6 saturated carbocycles. The third kappa shape index (κ3) is 32.7. The highest BCUT2D eigenvalue weighted by Gasteiger charge is 2.77. The summed E-state index contributed by atoms with van der Waals surface area (Å²) in [7, 11) is 0. The number of fused-ring (bicyclic) bond motifs is 10. The van der Waals surface area contributed by atoms with E-state index in [1.165, 1.54) is 44.9 Å². The monoisotopic (exact) mass is 2070 g/mol. The van der Waals surface area contributed by atoms with Crippen molar-refractivity contribution in [3.05, 3.63) is 121 Å². The number of esters is 1. The number of aliphatic hydroxyl groups excluding tert-OH is 4. The number of hydrogen-bond acceptors (Lipinski definition) is 28. The van der Waals surface area contributed by atoms with Crippen molar-refractivity contribution < 1.29 is 116 Å². The maximum Gasteiger partial charge on any atom is 0.421 e. The summed E-state index contributed by atoms with van der Waals surface area (Å²) >= 11 is 10.2. The molecule has 0 spiro atoms. The Labute approximate surface area is 862 Å². The molecule has 0 aromatic rings. The number of hydrazine groups is 3. The third-order valence-electron chi connectivity index (χ3n) is 31.3. The zero-order chi connectivity index (χ0) is 102. The quantitative estimate of drug-likeness (QED) is 0.0115. The normalized spacial score (nSPS) is 35.4. The van der Waals surface area contributed by atoms with Crippen LogP contribution < -0.4 is 44.9 Å². The number of carbonyl (C=O) groups excluding carboxylic acids is 10. The molecular formula is C108H172Cl2F2N10O22. The Balaban J connectivity index is 0.000000390. The molecule has 0 aliphatic heterocycles. The van der Waals surface area contributed by atoms with Gasteiger partial charge in [0.1, 0.15) is 80.7 Å². The zero-order valence-corrected chi connectivity index (χ0v) is 84.0. The predicted molar refractivity (Wildman–Crippen MR) is 557 cm³/mol. The lowest BCUT2D eigenvalue weighted by molar-refractivity contribution is -0.219. The van der Waals surface area contributed by atoms with Crippen molar-refractivity contribution in [2.45, 2.75) is 387 Å². The molecule has 0 bridgehead atoms. The SMILES string of the molecule is C.C.C.C.C[C@@H]1C[C@H]2[C@@H]3CCC4=CC(=NCC(=O)CNC(=O)OC5/C=C/CCCCC5)C=C[C@]4(C)[C@@]3(F)[C@@H](O)C[C@]2(C)[C@@]1(O)C(=O)CO.C[C@@H]1C[C@H]2[C@@H]3CCC4=CC(=NCC(=O)OC5/C=C/CCCCC5)C=C[C@]4(C)[C@@]3(F)[C@@H](O)C[C@]2(C)[C@@]1(O)C(=O)CO.NN.NNC(=O)CNC(=O)OC1/C=C/CCCCC1.NNC(=O)OC1/C=C/CCCCC1.O=C(Cl)OC1/C=C/CCCCC1.O=C(Cl)OC1/C=C/CCCCC1. The lowest BCUT2D eigenvalue weighted by Gasteiger charge is -2.62. The molecule has 4 amide bonds. The molecule has 144 heavy (non-hydrogen) atoms. The molecule has 32 nitrogen and oxygen atoms in total. The molecule has 0 aromatic heterocycles. The number of allylic oxidation sites excluding steroid dienone is 14. The Kier molecular flexibility index (Phi) is 54.5. The van der Waals surface area contributed by atoms with Gasteiger partial charge in [0, 0.05) is 56.7 Å². The second kappa shape index (κ2) is 61.4. The fourth-order valence-corrected chi connectivity index (χ4v) is 24.1. The zero-order valence-electron chi connectivity index (χ0n) is 82.5. The fraction of sp³-hybridized carbons (Fsp3) is 0.704. The van der Waals surface area contributed by atoms with Crippen LogP contribution in [0.3, 0.4) is 0 Å². The summed E-state index contributed by atoms with van der Waals surface area (Å²) in [4.78, 5) is 125. The molecule has 6 fully saturated rings. The number of alkyl halides is 2. The van der Waals surface area contributed by atoms with Gasteiger partial charge in [0.15, 0.2) is 28.7 Å². The van der Waals surface area contributed by atoms with Crippen molar-refractivity contribution in [3.63, 3.8) is 0 Å². The van der Waals surface area contributed by atoms with E-state index in [9.17, 15) is 78.6 Å². The van der Waals surface area contributed by atoms with E-state index in [4.69, 9.17) is 63.3 Å². The van der Waals surface area contributed by atoms with Gasteiger partial charge in [-0.25, -0.2) is 44.4 Å².